The molecule has 0 aromatic heterocycles. The van der Waals surface area contributed by atoms with Gasteiger partial charge in [-0.25, -0.2) is 13.2 Å². The van der Waals surface area contributed by atoms with Gasteiger partial charge in [0.25, 0.3) is 5.91 Å². The Hall–Kier alpha value is -2.96. The number of Topliss-reactive ketones (excluding diaryl/α,β-unsaturated/α-hetero) is 1. The van der Waals surface area contributed by atoms with Gasteiger partial charge in [-0.1, -0.05) is 79.2 Å². The molecule has 2 aliphatic heterocycles. The molecule has 49 heavy (non-hydrogen) atoms. The summed E-state index contributed by atoms with van der Waals surface area (Å²) in [5.74, 6) is -2.07. The molecule has 5 aliphatic rings. The van der Waals surface area contributed by atoms with Crippen molar-refractivity contribution in [1.29, 1.82) is 0 Å². The van der Waals surface area contributed by atoms with E-state index in [1.807, 2.05) is 20.8 Å². The second-order valence-corrected chi connectivity index (χ2v) is 19.3. The molecule has 5 rings (SSSR count). The standard InChI is InChI=1S/C36H57N5O7S/c1-7-18-37-31(44)28(42)24(20-22-14-15-22)38-30(43)27-26-23(35(26,5)6)21-41(27)32(45)29(34(2,3)4)39-33(46)40-36(16-10-8-11-17-36)25-13-9-12-19-49(25,47)48/h7,22-27,29H,1,8-21H2,2-6H3,(H,37,44)(H,38,43)(H2,39,40,46)/t23?,24-,25+,26-,27-,29+/m0/s1. The average Bonchev–Trinajstić information content (AvgIpc) is 3.88. The molecule has 3 aliphatic carbocycles. The number of likely N-dealkylation sites (tertiary alicyclic amines) is 1. The number of carbonyl (C=O) groups is 5. The van der Waals surface area contributed by atoms with Crippen LogP contribution in [0.2, 0.25) is 0 Å². The summed E-state index contributed by atoms with van der Waals surface area (Å²) in [6.07, 6.45) is 9.36. The summed E-state index contributed by atoms with van der Waals surface area (Å²) >= 11 is 0. The highest BCUT2D eigenvalue weighted by atomic mass is 32.2. The fraction of sp³-hybridized carbons (Fsp3) is 0.806. The first-order valence-corrected chi connectivity index (χ1v) is 20.0. The SMILES string of the molecule is C=CCNC(=O)C(=O)[C@H](CC1CC1)NC(=O)[C@@H]1[C@@H]2C(CN1C(=O)[C@@H](NC(=O)NC1([C@H]3CCCCS3(=O)=O)CCCCC1)C(C)(C)C)C2(C)C. The molecular weight excluding hydrogens is 646 g/mol. The van der Waals surface area contributed by atoms with E-state index in [0.29, 0.717) is 38.6 Å². The van der Waals surface area contributed by atoms with Crippen LogP contribution in [-0.2, 0) is 29.0 Å². The van der Waals surface area contributed by atoms with E-state index in [2.05, 4.69) is 41.7 Å². The van der Waals surface area contributed by atoms with Crippen molar-refractivity contribution in [2.45, 2.75) is 134 Å². The number of nitrogens with zero attached hydrogens (tertiary/aromatic N) is 1. The third-order valence-corrected chi connectivity index (χ3v) is 14.4. The van der Waals surface area contributed by atoms with E-state index in [-0.39, 0.29) is 35.5 Å². The number of amides is 5. The van der Waals surface area contributed by atoms with Crippen LogP contribution in [0.5, 0.6) is 0 Å². The highest BCUT2D eigenvalue weighted by Crippen LogP contribution is 2.65. The molecule has 4 N–H and O–H groups in total. The van der Waals surface area contributed by atoms with Gasteiger partial charge in [0.2, 0.25) is 17.6 Å². The Morgan fingerprint density at radius 1 is 0.959 bits per heavy atom. The Bertz CT molecular complexity index is 1440. The van der Waals surface area contributed by atoms with Crippen LogP contribution in [0.1, 0.15) is 105 Å². The predicted octanol–water partition coefficient (Wildman–Crippen LogP) is 3.01. The first kappa shape index (κ1) is 37.3. The summed E-state index contributed by atoms with van der Waals surface area (Å²) in [4.78, 5) is 69.8. The molecule has 5 amide bonds. The largest absolute Gasteiger partial charge is 0.346 e. The van der Waals surface area contributed by atoms with Gasteiger partial charge in [0, 0.05) is 13.1 Å². The molecule has 13 heteroatoms. The summed E-state index contributed by atoms with van der Waals surface area (Å²) in [5.41, 5.74) is -1.84. The van der Waals surface area contributed by atoms with Gasteiger partial charge in [0.15, 0.2) is 9.84 Å². The summed E-state index contributed by atoms with van der Waals surface area (Å²) in [6.45, 7) is 13.7. The second-order valence-electron chi connectivity index (χ2n) is 17.0. The molecule has 1 unspecified atom stereocenters. The van der Waals surface area contributed by atoms with Crippen LogP contribution in [0.3, 0.4) is 0 Å². The maximum atomic E-state index is 14.5. The maximum Gasteiger partial charge on any atom is 0.315 e. The molecule has 0 aromatic rings. The summed E-state index contributed by atoms with van der Waals surface area (Å²) in [6, 6.07) is -3.47. The van der Waals surface area contributed by atoms with Gasteiger partial charge < -0.3 is 26.2 Å². The van der Waals surface area contributed by atoms with Crippen molar-refractivity contribution >= 4 is 39.4 Å². The Kier molecular flexibility index (Phi) is 10.6. The van der Waals surface area contributed by atoms with Crippen LogP contribution in [0.25, 0.3) is 0 Å². The molecule has 2 saturated heterocycles. The molecule has 0 bridgehead atoms. The number of sulfone groups is 1. The van der Waals surface area contributed by atoms with Crippen molar-refractivity contribution in [2.75, 3.05) is 18.8 Å². The van der Waals surface area contributed by atoms with Gasteiger partial charge in [-0.05, 0) is 60.7 Å². The third-order valence-electron chi connectivity index (χ3n) is 12.0. The number of fused-ring (bicyclic) bond motifs is 1. The first-order chi connectivity index (χ1) is 22.9. The zero-order chi connectivity index (χ0) is 35.9. The van der Waals surface area contributed by atoms with Crippen LogP contribution in [0.4, 0.5) is 4.79 Å². The van der Waals surface area contributed by atoms with E-state index < -0.39 is 73.7 Å². The third kappa shape index (κ3) is 7.86. The van der Waals surface area contributed by atoms with Gasteiger partial charge in [-0.15, -0.1) is 6.58 Å². The summed E-state index contributed by atoms with van der Waals surface area (Å²) in [5, 5.41) is 10.7. The van der Waals surface area contributed by atoms with E-state index in [4.69, 9.17) is 0 Å². The van der Waals surface area contributed by atoms with Crippen LogP contribution in [0.15, 0.2) is 12.7 Å². The van der Waals surface area contributed by atoms with Crippen molar-refractivity contribution in [3.63, 3.8) is 0 Å². The molecule has 0 radical (unpaired) electrons. The van der Waals surface area contributed by atoms with Crippen LogP contribution in [0, 0.1) is 28.6 Å². The molecule has 0 aromatic carbocycles. The van der Waals surface area contributed by atoms with Gasteiger partial charge in [-0.3, -0.25) is 19.2 Å². The highest BCUT2D eigenvalue weighted by molar-refractivity contribution is 7.92. The Morgan fingerprint density at radius 2 is 1.63 bits per heavy atom. The summed E-state index contributed by atoms with van der Waals surface area (Å²) in [7, 11) is -3.39. The number of carbonyl (C=O) groups excluding carboxylic acids is 5. The number of nitrogens with one attached hydrogen (secondary N) is 4. The molecule has 3 saturated carbocycles. The van der Waals surface area contributed by atoms with E-state index in [0.717, 1.165) is 38.5 Å². The lowest BCUT2D eigenvalue weighted by Crippen LogP contribution is -2.66. The Labute approximate surface area is 291 Å². The zero-order valence-corrected chi connectivity index (χ0v) is 30.8. The minimum atomic E-state index is -3.39. The second kappa shape index (κ2) is 14.0. The van der Waals surface area contributed by atoms with Gasteiger partial charge in [0.05, 0.1) is 22.6 Å². The highest BCUT2D eigenvalue weighted by Gasteiger charge is 2.70. The minimum absolute atomic E-state index is 0.0668. The van der Waals surface area contributed by atoms with Gasteiger partial charge in [-0.2, -0.15) is 0 Å². The Balaban J connectivity index is 1.35. The first-order valence-electron chi connectivity index (χ1n) is 18.3. The predicted molar refractivity (Wildman–Crippen MR) is 186 cm³/mol. The lowest BCUT2D eigenvalue weighted by atomic mass is 9.77. The van der Waals surface area contributed by atoms with Gasteiger partial charge >= 0.3 is 6.03 Å². The van der Waals surface area contributed by atoms with E-state index in [1.165, 1.54) is 6.08 Å². The molecule has 0 spiro atoms. The van der Waals surface area contributed by atoms with Crippen molar-refractivity contribution in [3.05, 3.63) is 12.7 Å². The van der Waals surface area contributed by atoms with Crippen LogP contribution >= 0.6 is 0 Å². The van der Waals surface area contributed by atoms with E-state index in [9.17, 15) is 32.4 Å². The Morgan fingerprint density at radius 3 is 2.22 bits per heavy atom. The number of rotatable bonds is 12. The summed E-state index contributed by atoms with van der Waals surface area (Å²) < 4.78 is 26.5. The average molecular weight is 704 g/mol. The molecular formula is C36H57N5O7S. The fourth-order valence-electron chi connectivity index (χ4n) is 8.89. The monoisotopic (exact) mass is 703 g/mol. The minimum Gasteiger partial charge on any atom is -0.346 e. The molecule has 12 nitrogen and oxygen atoms in total. The van der Waals surface area contributed by atoms with Crippen molar-refractivity contribution in [1.82, 2.24) is 26.2 Å². The number of piperidine rings is 1. The molecule has 2 heterocycles. The van der Waals surface area contributed by atoms with Gasteiger partial charge in [0.1, 0.15) is 12.1 Å². The normalized spacial score (nSPS) is 29.4. The van der Waals surface area contributed by atoms with Crippen molar-refractivity contribution in [2.24, 2.45) is 28.6 Å². The van der Waals surface area contributed by atoms with Crippen LogP contribution in [-0.4, -0.2) is 90.6 Å². The fourth-order valence-corrected chi connectivity index (χ4v) is 11.3. The lowest BCUT2D eigenvalue weighted by Gasteiger charge is -2.45. The van der Waals surface area contributed by atoms with Crippen LogP contribution < -0.4 is 21.3 Å². The lowest BCUT2D eigenvalue weighted by molar-refractivity contribution is -0.145. The number of hydrogen-bond acceptors (Lipinski definition) is 7. The topological polar surface area (TPSA) is 171 Å². The number of hydrogen-bond donors (Lipinski definition) is 4. The number of ketones is 1. The van der Waals surface area contributed by atoms with E-state index in [1.54, 1.807) is 4.90 Å². The number of urea groups is 1. The smallest absolute Gasteiger partial charge is 0.315 e. The van der Waals surface area contributed by atoms with Crippen molar-refractivity contribution in [3.8, 4) is 0 Å². The molecule has 5 fully saturated rings. The molecule has 6 atom stereocenters. The molecule has 274 valence electrons. The quantitative estimate of drug-likeness (QED) is 0.179. The maximum absolute atomic E-state index is 14.5. The van der Waals surface area contributed by atoms with Crippen molar-refractivity contribution < 1.29 is 32.4 Å². The zero-order valence-electron chi connectivity index (χ0n) is 29.9. The van der Waals surface area contributed by atoms with E-state index >= 15 is 0 Å².